The van der Waals surface area contributed by atoms with E-state index in [9.17, 15) is 4.79 Å². The molecule has 5 nitrogen and oxygen atoms in total. The topological polar surface area (TPSA) is 77.2 Å². The van der Waals surface area contributed by atoms with E-state index in [0.717, 1.165) is 0 Å². The van der Waals surface area contributed by atoms with E-state index in [4.69, 9.17) is 22.1 Å². The van der Waals surface area contributed by atoms with Crippen molar-refractivity contribution in [2.24, 2.45) is 0 Å². The van der Waals surface area contributed by atoms with E-state index in [-0.39, 0.29) is 5.91 Å². The number of ether oxygens (including phenoxy) is 1. The molecule has 2 aromatic rings. The van der Waals surface area contributed by atoms with Crippen molar-refractivity contribution in [2.75, 3.05) is 18.2 Å². The number of hydrogen-bond donors (Lipinski definition) is 2. The largest absolute Gasteiger partial charge is 0.495 e. The first-order valence-electron chi connectivity index (χ1n) is 5.47. The average Bonchev–Trinajstić information content (AvgIpc) is 2.41. The van der Waals surface area contributed by atoms with Crippen LogP contribution in [0.2, 0.25) is 5.02 Å². The molecule has 6 heteroatoms. The van der Waals surface area contributed by atoms with Gasteiger partial charge in [0.25, 0.3) is 5.91 Å². The average molecular weight is 278 g/mol. The number of carbonyl (C=O) groups is 1. The first kappa shape index (κ1) is 13.2. The zero-order valence-corrected chi connectivity index (χ0v) is 10.9. The summed E-state index contributed by atoms with van der Waals surface area (Å²) >= 11 is 5.91. The van der Waals surface area contributed by atoms with Crippen LogP contribution < -0.4 is 15.8 Å². The fraction of sp³-hybridized carbons (Fsp3) is 0.0769. The Balaban J connectivity index is 2.21. The highest BCUT2D eigenvalue weighted by molar-refractivity contribution is 6.33. The standard InChI is InChI=1S/C13H12ClN3O2/c1-19-11-5-4-8(7-10(11)15)13(18)17-12-9(14)3-2-6-16-12/h2-7H,15H2,1H3,(H,16,17,18). The minimum absolute atomic E-state index is 0.309. The Morgan fingerprint density at radius 2 is 2.21 bits per heavy atom. The Morgan fingerprint density at radius 3 is 2.84 bits per heavy atom. The van der Waals surface area contributed by atoms with Crippen molar-refractivity contribution < 1.29 is 9.53 Å². The number of nitrogens with two attached hydrogens (primary N) is 1. The van der Waals surface area contributed by atoms with Crippen molar-refractivity contribution in [1.29, 1.82) is 0 Å². The van der Waals surface area contributed by atoms with Crippen molar-refractivity contribution in [2.45, 2.75) is 0 Å². The molecule has 0 spiro atoms. The van der Waals surface area contributed by atoms with Crippen LogP contribution >= 0.6 is 11.6 Å². The Morgan fingerprint density at radius 1 is 1.42 bits per heavy atom. The van der Waals surface area contributed by atoms with Crippen molar-refractivity contribution in [1.82, 2.24) is 4.98 Å². The molecule has 0 bridgehead atoms. The smallest absolute Gasteiger partial charge is 0.256 e. The Bertz CT molecular complexity index is 617. The number of nitrogens with zero attached hydrogens (tertiary/aromatic N) is 1. The third kappa shape index (κ3) is 2.95. The van der Waals surface area contributed by atoms with Gasteiger partial charge in [0, 0.05) is 11.8 Å². The third-order valence-corrected chi connectivity index (χ3v) is 2.79. The molecule has 19 heavy (non-hydrogen) atoms. The van der Waals surface area contributed by atoms with Crippen molar-refractivity contribution >= 4 is 29.0 Å². The van der Waals surface area contributed by atoms with Crippen molar-refractivity contribution in [3.05, 3.63) is 47.1 Å². The number of halogens is 1. The van der Waals surface area contributed by atoms with Gasteiger partial charge in [-0.3, -0.25) is 4.79 Å². The molecule has 0 unspecified atom stereocenters. The molecule has 98 valence electrons. The second-order valence-electron chi connectivity index (χ2n) is 3.74. The SMILES string of the molecule is COc1ccc(C(=O)Nc2ncccc2Cl)cc1N. The fourth-order valence-corrected chi connectivity index (χ4v) is 1.70. The summed E-state index contributed by atoms with van der Waals surface area (Å²) in [6.07, 6.45) is 1.55. The van der Waals surface area contributed by atoms with E-state index in [1.165, 1.54) is 13.2 Å². The van der Waals surface area contributed by atoms with Gasteiger partial charge in [0.15, 0.2) is 5.82 Å². The Labute approximate surface area is 115 Å². The summed E-state index contributed by atoms with van der Waals surface area (Å²) in [5.41, 5.74) is 6.54. The van der Waals surface area contributed by atoms with Crippen LogP contribution in [-0.4, -0.2) is 18.0 Å². The highest BCUT2D eigenvalue weighted by atomic mass is 35.5. The first-order chi connectivity index (χ1) is 9.11. The molecule has 0 aliphatic carbocycles. The van der Waals surface area contributed by atoms with Crippen LogP contribution in [0, 0.1) is 0 Å². The predicted molar refractivity (Wildman–Crippen MR) is 74.6 cm³/mol. The number of anilines is 2. The van der Waals surface area contributed by atoms with E-state index >= 15 is 0 Å². The quantitative estimate of drug-likeness (QED) is 0.846. The summed E-state index contributed by atoms with van der Waals surface area (Å²) in [5.74, 6) is 0.492. The monoisotopic (exact) mass is 277 g/mol. The molecule has 0 saturated carbocycles. The third-order valence-electron chi connectivity index (χ3n) is 2.48. The van der Waals surface area contributed by atoms with Crippen molar-refractivity contribution in [3.63, 3.8) is 0 Å². The van der Waals surface area contributed by atoms with Crippen LogP contribution in [0.25, 0.3) is 0 Å². The maximum Gasteiger partial charge on any atom is 0.256 e. The van der Waals surface area contributed by atoms with Crippen LogP contribution in [0.4, 0.5) is 11.5 Å². The van der Waals surface area contributed by atoms with Gasteiger partial charge in [-0.2, -0.15) is 0 Å². The summed E-state index contributed by atoms with van der Waals surface area (Å²) in [6.45, 7) is 0. The lowest BCUT2D eigenvalue weighted by Crippen LogP contribution is -2.13. The molecule has 0 aliphatic rings. The molecule has 1 aromatic carbocycles. The van der Waals surface area contributed by atoms with Gasteiger partial charge in [0.05, 0.1) is 17.8 Å². The maximum atomic E-state index is 12.0. The number of aromatic nitrogens is 1. The summed E-state index contributed by atoms with van der Waals surface area (Å²) in [7, 11) is 1.51. The fourth-order valence-electron chi connectivity index (χ4n) is 1.53. The minimum atomic E-state index is -0.338. The van der Waals surface area contributed by atoms with Crippen LogP contribution in [0.5, 0.6) is 5.75 Å². The lowest BCUT2D eigenvalue weighted by Gasteiger charge is -2.08. The van der Waals surface area contributed by atoms with Gasteiger partial charge in [-0.25, -0.2) is 4.98 Å². The summed E-state index contributed by atoms with van der Waals surface area (Å²) in [5, 5.41) is 2.99. The second-order valence-corrected chi connectivity index (χ2v) is 4.15. The van der Waals surface area contributed by atoms with Gasteiger partial charge in [-0.1, -0.05) is 11.6 Å². The summed E-state index contributed by atoms with van der Waals surface area (Å²) in [6, 6.07) is 8.10. The molecule has 0 atom stereocenters. The van der Waals surface area contributed by atoms with E-state index in [1.54, 1.807) is 30.5 Å². The van der Waals surface area contributed by atoms with Gasteiger partial charge in [-0.05, 0) is 30.3 Å². The molecule has 1 amide bonds. The van der Waals surface area contributed by atoms with Crippen LogP contribution in [-0.2, 0) is 0 Å². The number of pyridine rings is 1. The number of amides is 1. The van der Waals surface area contributed by atoms with Gasteiger partial charge in [0.1, 0.15) is 5.75 Å². The number of hydrogen-bond acceptors (Lipinski definition) is 4. The number of nitrogens with one attached hydrogen (secondary N) is 1. The number of carbonyl (C=O) groups excluding carboxylic acids is 1. The second kappa shape index (κ2) is 5.58. The predicted octanol–water partition coefficient (Wildman–Crippen LogP) is 2.58. The highest BCUT2D eigenvalue weighted by Gasteiger charge is 2.11. The van der Waals surface area contributed by atoms with E-state index < -0.39 is 0 Å². The number of benzene rings is 1. The Kier molecular flexibility index (Phi) is 3.87. The van der Waals surface area contributed by atoms with E-state index in [0.29, 0.717) is 27.8 Å². The van der Waals surface area contributed by atoms with Gasteiger partial charge in [-0.15, -0.1) is 0 Å². The van der Waals surface area contributed by atoms with Gasteiger partial charge in [0.2, 0.25) is 0 Å². The normalized spacial score (nSPS) is 10.0. The lowest BCUT2D eigenvalue weighted by atomic mass is 10.1. The van der Waals surface area contributed by atoms with Gasteiger partial charge < -0.3 is 15.8 Å². The zero-order chi connectivity index (χ0) is 13.8. The molecule has 1 heterocycles. The molecule has 0 radical (unpaired) electrons. The molecule has 0 fully saturated rings. The van der Waals surface area contributed by atoms with Crippen LogP contribution in [0.1, 0.15) is 10.4 Å². The van der Waals surface area contributed by atoms with Crippen LogP contribution in [0.15, 0.2) is 36.5 Å². The lowest BCUT2D eigenvalue weighted by molar-refractivity contribution is 0.102. The van der Waals surface area contributed by atoms with Gasteiger partial charge >= 0.3 is 0 Å². The maximum absolute atomic E-state index is 12.0. The zero-order valence-electron chi connectivity index (χ0n) is 10.2. The van der Waals surface area contributed by atoms with E-state index in [1.807, 2.05) is 0 Å². The highest BCUT2D eigenvalue weighted by Crippen LogP contribution is 2.23. The summed E-state index contributed by atoms with van der Waals surface area (Å²) < 4.78 is 5.03. The molecule has 2 rings (SSSR count). The Hall–Kier alpha value is -2.27. The number of methoxy groups -OCH3 is 1. The number of nitrogen functional groups attached to an aromatic ring is 1. The van der Waals surface area contributed by atoms with Crippen LogP contribution in [0.3, 0.4) is 0 Å². The van der Waals surface area contributed by atoms with Crippen molar-refractivity contribution in [3.8, 4) is 5.75 Å². The first-order valence-corrected chi connectivity index (χ1v) is 5.85. The van der Waals surface area contributed by atoms with E-state index in [2.05, 4.69) is 10.3 Å². The molecular formula is C13H12ClN3O2. The minimum Gasteiger partial charge on any atom is -0.495 e. The molecule has 3 N–H and O–H groups in total. The molecule has 1 aromatic heterocycles. The molecule has 0 aliphatic heterocycles. The summed E-state index contributed by atoms with van der Waals surface area (Å²) in [4.78, 5) is 16.0. The number of rotatable bonds is 3. The molecule has 0 saturated heterocycles. The molecular weight excluding hydrogens is 266 g/mol.